The first-order chi connectivity index (χ1) is 14.5. The van der Waals surface area contributed by atoms with Crippen LogP contribution < -0.4 is 11.2 Å². The molecule has 0 atom stereocenters. The van der Waals surface area contributed by atoms with Crippen molar-refractivity contribution in [1.29, 1.82) is 0 Å². The van der Waals surface area contributed by atoms with E-state index in [4.69, 9.17) is 4.74 Å². The second-order valence-electron chi connectivity index (χ2n) is 8.11. The lowest BCUT2D eigenvalue weighted by Crippen LogP contribution is -2.43. The Kier molecular flexibility index (Phi) is 6.13. The predicted octanol–water partition coefficient (Wildman–Crippen LogP) is 3.40. The molecule has 0 radical (unpaired) electrons. The monoisotopic (exact) mass is 440 g/mol. The number of ether oxygens (including phenoxy) is 1. The molecular formula is C23H24N2O5S. The number of fused-ring (bicyclic) bond motifs is 1. The summed E-state index contributed by atoms with van der Waals surface area (Å²) >= 11 is 1.22. The van der Waals surface area contributed by atoms with E-state index in [1.807, 2.05) is 0 Å². The smallest absolute Gasteiger partial charge is 0.333 e. The van der Waals surface area contributed by atoms with Crippen LogP contribution in [-0.4, -0.2) is 26.5 Å². The van der Waals surface area contributed by atoms with Crippen molar-refractivity contribution in [3.63, 3.8) is 0 Å². The van der Waals surface area contributed by atoms with Gasteiger partial charge < -0.3 is 4.74 Å². The first kappa shape index (κ1) is 22.4. The van der Waals surface area contributed by atoms with Crippen molar-refractivity contribution in [2.45, 2.75) is 46.4 Å². The summed E-state index contributed by atoms with van der Waals surface area (Å²) < 4.78 is 7.37. The van der Waals surface area contributed by atoms with E-state index < -0.39 is 29.4 Å². The lowest BCUT2D eigenvalue weighted by molar-refractivity contribution is -0.155. The molecule has 0 N–H and O–H groups in total. The SMILES string of the molecule is C=Cc1sc2c(c1C)c(=O)n(CC(=O)OC(C)(C)C)c(=O)n2CC(=O)c1ccccc1. The number of aromatic nitrogens is 2. The van der Waals surface area contributed by atoms with Gasteiger partial charge in [0.1, 0.15) is 17.0 Å². The molecule has 162 valence electrons. The summed E-state index contributed by atoms with van der Waals surface area (Å²) in [5.41, 5.74) is -0.981. The van der Waals surface area contributed by atoms with Crippen LogP contribution in [0, 0.1) is 6.92 Å². The van der Waals surface area contributed by atoms with Gasteiger partial charge in [0, 0.05) is 10.4 Å². The third-order valence-electron chi connectivity index (χ3n) is 4.62. The molecular weight excluding hydrogens is 416 g/mol. The molecule has 3 rings (SSSR count). The van der Waals surface area contributed by atoms with E-state index in [-0.39, 0.29) is 12.3 Å². The highest BCUT2D eigenvalue weighted by atomic mass is 32.1. The minimum absolute atomic E-state index is 0.259. The fourth-order valence-corrected chi connectivity index (χ4v) is 4.39. The van der Waals surface area contributed by atoms with Crippen LogP contribution in [0.5, 0.6) is 0 Å². The largest absolute Gasteiger partial charge is 0.459 e. The topological polar surface area (TPSA) is 87.4 Å². The molecule has 0 bridgehead atoms. The Bertz CT molecular complexity index is 1290. The lowest BCUT2D eigenvalue weighted by atomic mass is 10.1. The van der Waals surface area contributed by atoms with Gasteiger partial charge in [0.25, 0.3) is 5.56 Å². The summed E-state index contributed by atoms with van der Waals surface area (Å²) in [6, 6.07) is 8.59. The van der Waals surface area contributed by atoms with E-state index in [1.54, 1.807) is 64.1 Å². The van der Waals surface area contributed by atoms with Gasteiger partial charge in [0.05, 0.1) is 11.9 Å². The Labute approximate surface area is 183 Å². The number of carbonyl (C=O) groups excluding carboxylic acids is 2. The molecule has 2 heterocycles. The van der Waals surface area contributed by atoms with E-state index in [2.05, 4.69) is 6.58 Å². The normalized spacial score (nSPS) is 11.5. The molecule has 0 spiro atoms. The van der Waals surface area contributed by atoms with Crippen molar-refractivity contribution in [1.82, 2.24) is 9.13 Å². The molecule has 8 heteroatoms. The Morgan fingerprint density at radius 1 is 1.10 bits per heavy atom. The summed E-state index contributed by atoms with van der Waals surface area (Å²) in [5, 5.41) is 0.295. The van der Waals surface area contributed by atoms with E-state index in [0.717, 1.165) is 9.44 Å². The minimum atomic E-state index is -0.763. The molecule has 2 aromatic heterocycles. The van der Waals surface area contributed by atoms with Gasteiger partial charge in [0.2, 0.25) is 0 Å². The Balaban J connectivity index is 2.19. The highest BCUT2D eigenvalue weighted by Crippen LogP contribution is 2.28. The van der Waals surface area contributed by atoms with E-state index in [1.165, 1.54) is 15.9 Å². The van der Waals surface area contributed by atoms with Crippen molar-refractivity contribution in [3.8, 4) is 0 Å². The number of ketones is 1. The van der Waals surface area contributed by atoms with Crippen molar-refractivity contribution in [2.24, 2.45) is 0 Å². The maximum atomic E-state index is 13.2. The van der Waals surface area contributed by atoms with Gasteiger partial charge in [-0.25, -0.2) is 9.36 Å². The maximum absolute atomic E-state index is 13.2. The zero-order valence-electron chi connectivity index (χ0n) is 17.9. The zero-order valence-corrected chi connectivity index (χ0v) is 18.7. The van der Waals surface area contributed by atoms with Crippen molar-refractivity contribution in [3.05, 3.63) is 73.8 Å². The number of aryl methyl sites for hydroxylation is 1. The molecule has 31 heavy (non-hydrogen) atoms. The minimum Gasteiger partial charge on any atom is -0.459 e. The predicted molar refractivity (Wildman–Crippen MR) is 122 cm³/mol. The number of esters is 1. The van der Waals surface area contributed by atoms with Crippen LogP contribution in [0.1, 0.15) is 41.6 Å². The molecule has 1 aromatic carbocycles. The quantitative estimate of drug-likeness (QED) is 0.433. The number of hydrogen-bond acceptors (Lipinski definition) is 6. The van der Waals surface area contributed by atoms with Crippen LogP contribution in [0.2, 0.25) is 0 Å². The summed E-state index contributed by atoms with van der Waals surface area (Å²) in [5.74, 6) is -0.985. The highest BCUT2D eigenvalue weighted by molar-refractivity contribution is 7.19. The van der Waals surface area contributed by atoms with Gasteiger partial charge >= 0.3 is 11.7 Å². The Morgan fingerprint density at radius 3 is 2.32 bits per heavy atom. The van der Waals surface area contributed by atoms with E-state index >= 15 is 0 Å². The van der Waals surface area contributed by atoms with Crippen LogP contribution in [-0.2, 0) is 22.6 Å². The second kappa shape index (κ2) is 8.47. The van der Waals surface area contributed by atoms with Crippen LogP contribution in [0.4, 0.5) is 0 Å². The number of rotatable bonds is 6. The molecule has 0 amide bonds. The molecule has 0 aliphatic heterocycles. The van der Waals surface area contributed by atoms with E-state index in [0.29, 0.717) is 21.3 Å². The van der Waals surface area contributed by atoms with Gasteiger partial charge in [-0.15, -0.1) is 11.3 Å². The summed E-state index contributed by atoms with van der Waals surface area (Å²) in [4.78, 5) is 52.7. The first-order valence-electron chi connectivity index (χ1n) is 9.72. The average Bonchev–Trinajstić information content (AvgIpc) is 3.04. The van der Waals surface area contributed by atoms with Crippen molar-refractivity contribution in [2.75, 3.05) is 0 Å². The first-order valence-corrected chi connectivity index (χ1v) is 10.5. The zero-order chi connectivity index (χ0) is 22.9. The molecule has 0 fully saturated rings. The molecule has 0 unspecified atom stereocenters. The fraction of sp³-hybridized carbons (Fsp3) is 0.304. The third kappa shape index (κ3) is 4.59. The Hall–Kier alpha value is -3.26. The molecule has 0 saturated heterocycles. The fourth-order valence-electron chi connectivity index (χ4n) is 3.25. The lowest BCUT2D eigenvalue weighted by Gasteiger charge is -2.20. The van der Waals surface area contributed by atoms with E-state index in [9.17, 15) is 19.2 Å². The Morgan fingerprint density at radius 2 is 1.74 bits per heavy atom. The van der Waals surface area contributed by atoms with Gasteiger partial charge in [-0.1, -0.05) is 43.0 Å². The third-order valence-corrected chi connectivity index (χ3v) is 5.93. The molecule has 3 aromatic rings. The summed E-state index contributed by atoms with van der Waals surface area (Å²) in [6.07, 6.45) is 1.60. The molecule has 0 saturated carbocycles. The molecule has 7 nitrogen and oxygen atoms in total. The standard InChI is InChI=1S/C23H24N2O5S/c1-6-17-14(2)19-20(28)24(13-18(27)30-23(3,4)5)22(29)25(21(19)31-17)12-16(26)15-10-8-7-9-11-15/h6-11H,1,12-13H2,2-5H3. The van der Waals surface area contributed by atoms with Gasteiger partial charge in [-0.3, -0.25) is 19.0 Å². The number of Topliss-reactive ketones (excluding diaryl/α,β-unsaturated/α-hetero) is 1. The molecule has 0 aliphatic rings. The van der Waals surface area contributed by atoms with Crippen LogP contribution in [0.25, 0.3) is 16.3 Å². The summed E-state index contributed by atoms with van der Waals surface area (Å²) in [6.45, 7) is 9.82. The molecule has 0 aliphatic carbocycles. The van der Waals surface area contributed by atoms with Gasteiger partial charge in [-0.05, 0) is 33.3 Å². The maximum Gasteiger partial charge on any atom is 0.333 e. The summed E-state index contributed by atoms with van der Waals surface area (Å²) in [7, 11) is 0. The second-order valence-corrected chi connectivity index (χ2v) is 9.14. The van der Waals surface area contributed by atoms with Gasteiger partial charge in [0.15, 0.2) is 5.78 Å². The van der Waals surface area contributed by atoms with Crippen molar-refractivity contribution >= 4 is 39.4 Å². The average molecular weight is 441 g/mol. The number of carbonyl (C=O) groups is 2. The highest BCUT2D eigenvalue weighted by Gasteiger charge is 2.24. The van der Waals surface area contributed by atoms with Crippen molar-refractivity contribution < 1.29 is 14.3 Å². The number of nitrogens with zero attached hydrogens (tertiary/aromatic N) is 2. The number of benzene rings is 1. The number of thiophene rings is 1. The number of hydrogen-bond donors (Lipinski definition) is 0. The van der Waals surface area contributed by atoms with Gasteiger partial charge in [-0.2, -0.15) is 0 Å². The van der Waals surface area contributed by atoms with Crippen LogP contribution in [0.3, 0.4) is 0 Å². The van der Waals surface area contributed by atoms with Crippen LogP contribution >= 0.6 is 11.3 Å². The van der Waals surface area contributed by atoms with Crippen LogP contribution in [0.15, 0.2) is 46.5 Å².